The molecule has 1 atom stereocenters. The summed E-state index contributed by atoms with van der Waals surface area (Å²) in [6, 6.07) is 11.9. The third-order valence-corrected chi connectivity index (χ3v) is 2.83. The van der Waals surface area contributed by atoms with Crippen molar-refractivity contribution in [3.63, 3.8) is 0 Å². The summed E-state index contributed by atoms with van der Waals surface area (Å²) in [7, 11) is 0. The number of aliphatic carboxylic acids is 1. The lowest BCUT2D eigenvalue weighted by molar-refractivity contribution is -0.140. The van der Waals surface area contributed by atoms with Gasteiger partial charge in [-0.1, -0.05) is 30.3 Å². The molecule has 4 nitrogen and oxygen atoms in total. The van der Waals surface area contributed by atoms with Gasteiger partial charge in [0.2, 0.25) is 0 Å². The Morgan fingerprint density at radius 1 is 1.22 bits per heavy atom. The molecule has 1 heterocycles. The summed E-state index contributed by atoms with van der Waals surface area (Å²) < 4.78 is 1.49. The minimum Gasteiger partial charge on any atom is -0.480 e. The molecule has 0 saturated heterocycles. The molecule has 18 heavy (non-hydrogen) atoms. The number of aromatic nitrogens is 1. The highest BCUT2D eigenvalue weighted by atomic mass is 16.4. The summed E-state index contributed by atoms with van der Waals surface area (Å²) in [6.45, 7) is 0. The fraction of sp³-hybridized carbons (Fsp3) is 0.143. The number of rotatable bonds is 5. The van der Waals surface area contributed by atoms with Crippen molar-refractivity contribution in [2.24, 2.45) is 0 Å². The van der Waals surface area contributed by atoms with Gasteiger partial charge in [0.1, 0.15) is 6.04 Å². The molecule has 0 saturated carbocycles. The number of nitrogens with zero attached hydrogens (tertiary/aromatic N) is 1. The molecule has 0 aliphatic rings. The minimum absolute atomic E-state index is 0.353. The molecule has 2 aromatic rings. The van der Waals surface area contributed by atoms with Crippen LogP contribution in [0.3, 0.4) is 0 Å². The van der Waals surface area contributed by atoms with Crippen LogP contribution in [0.15, 0.2) is 48.7 Å². The largest absolute Gasteiger partial charge is 0.480 e. The smallest absolute Gasteiger partial charge is 0.327 e. The van der Waals surface area contributed by atoms with E-state index in [4.69, 9.17) is 0 Å². The number of benzene rings is 1. The van der Waals surface area contributed by atoms with E-state index in [0.717, 1.165) is 5.56 Å². The molecule has 0 bridgehead atoms. The molecular weight excluding hydrogens is 230 g/mol. The number of carboxylic acid groups (broad SMARTS) is 1. The zero-order valence-corrected chi connectivity index (χ0v) is 9.69. The van der Waals surface area contributed by atoms with Crippen molar-refractivity contribution in [1.29, 1.82) is 0 Å². The van der Waals surface area contributed by atoms with Gasteiger partial charge in [-0.3, -0.25) is 4.79 Å². The van der Waals surface area contributed by atoms with Gasteiger partial charge in [-0.2, -0.15) is 0 Å². The van der Waals surface area contributed by atoms with Crippen LogP contribution in [0.1, 0.15) is 22.1 Å². The van der Waals surface area contributed by atoms with Crippen LogP contribution in [-0.2, 0) is 11.2 Å². The van der Waals surface area contributed by atoms with Crippen LogP contribution in [0.4, 0.5) is 0 Å². The van der Waals surface area contributed by atoms with Crippen molar-refractivity contribution in [2.75, 3.05) is 0 Å². The van der Waals surface area contributed by atoms with Crippen molar-refractivity contribution in [1.82, 2.24) is 4.57 Å². The van der Waals surface area contributed by atoms with Crippen LogP contribution in [-0.4, -0.2) is 21.9 Å². The Labute approximate surface area is 104 Å². The van der Waals surface area contributed by atoms with E-state index in [1.807, 2.05) is 30.3 Å². The Hall–Kier alpha value is -2.36. The van der Waals surface area contributed by atoms with Crippen LogP contribution < -0.4 is 0 Å². The maximum atomic E-state index is 11.3. The third-order valence-electron chi connectivity index (χ3n) is 2.83. The Bertz CT molecular complexity index is 545. The van der Waals surface area contributed by atoms with Gasteiger partial charge in [0.25, 0.3) is 0 Å². The number of hydrogen-bond donors (Lipinski definition) is 1. The summed E-state index contributed by atoms with van der Waals surface area (Å²) in [6.07, 6.45) is 2.64. The third kappa shape index (κ3) is 2.48. The SMILES string of the molecule is O=Cc1cccn1C(Cc1ccccc1)C(=O)O. The Morgan fingerprint density at radius 2 is 1.94 bits per heavy atom. The second-order valence-electron chi connectivity index (χ2n) is 4.00. The van der Waals surface area contributed by atoms with Crippen LogP contribution in [0.2, 0.25) is 0 Å². The molecule has 2 rings (SSSR count). The predicted octanol–water partition coefficient (Wildman–Crippen LogP) is 2.17. The van der Waals surface area contributed by atoms with Gasteiger partial charge in [-0.05, 0) is 17.7 Å². The van der Waals surface area contributed by atoms with E-state index < -0.39 is 12.0 Å². The van der Waals surface area contributed by atoms with Gasteiger partial charge in [0.15, 0.2) is 6.29 Å². The second-order valence-corrected chi connectivity index (χ2v) is 4.00. The maximum absolute atomic E-state index is 11.3. The fourth-order valence-electron chi connectivity index (χ4n) is 1.93. The van der Waals surface area contributed by atoms with Gasteiger partial charge < -0.3 is 9.67 Å². The summed E-state index contributed by atoms with van der Waals surface area (Å²) in [5, 5.41) is 9.29. The predicted molar refractivity (Wildman–Crippen MR) is 66.6 cm³/mol. The maximum Gasteiger partial charge on any atom is 0.327 e. The topological polar surface area (TPSA) is 59.3 Å². The average molecular weight is 243 g/mol. The summed E-state index contributed by atoms with van der Waals surface area (Å²) in [5.41, 5.74) is 1.30. The van der Waals surface area contributed by atoms with Crippen LogP contribution >= 0.6 is 0 Å². The molecule has 0 radical (unpaired) electrons. The molecule has 0 spiro atoms. The van der Waals surface area contributed by atoms with E-state index >= 15 is 0 Å². The van der Waals surface area contributed by atoms with Crippen molar-refractivity contribution in [2.45, 2.75) is 12.5 Å². The Kier molecular flexibility index (Phi) is 3.57. The molecule has 1 N–H and O–H groups in total. The van der Waals surface area contributed by atoms with Crippen LogP contribution in [0, 0.1) is 0 Å². The minimum atomic E-state index is -0.946. The fourth-order valence-corrected chi connectivity index (χ4v) is 1.93. The number of carbonyl (C=O) groups is 2. The zero-order valence-electron chi connectivity index (χ0n) is 9.69. The highest BCUT2D eigenvalue weighted by Gasteiger charge is 2.21. The zero-order chi connectivity index (χ0) is 13.0. The molecule has 0 amide bonds. The van der Waals surface area contributed by atoms with Crippen molar-refractivity contribution in [3.05, 3.63) is 59.9 Å². The number of carbonyl (C=O) groups excluding carboxylic acids is 1. The van der Waals surface area contributed by atoms with E-state index in [9.17, 15) is 14.7 Å². The summed E-state index contributed by atoms with van der Waals surface area (Å²) in [4.78, 5) is 22.2. The first-order valence-electron chi connectivity index (χ1n) is 5.61. The van der Waals surface area contributed by atoms with E-state index in [2.05, 4.69) is 0 Å². The quantitative estimate of drug-likeness (QED) is 0.819. The lowest BCUT2D eigenvalue weighted by Crippen LogP contribution is -2.22. The van der Waals surface area contributed by atoms with E-state index in [0.29, 0.717) is 18.4 Å². The Morgan fingerprint density at radius 3 is 2.56 bits per heavy atom. The summed E-state index contributed by atoms with van der Waals surface area (Å²) >= 11 is 0. The molecule has 1 aromatic carbocycles. The lowest BCUT2D eigenvalue weighted by atomic mass is 10.1. The highest BCUT2D eigenvalue weighted by molar-refractivity contribution is 5.77. The van der Waals surface area contributed by atoms with Gasteiger partial charge in [0, 0.05) is 12.6 Å². The second kappa shape index (κ2) is 5.31. The van der Waals surface area contributed by atoms with E-state index in [1.54, 1.807) is 18.3 Å². The first-order valence-corrected chi connectivity index (χ1v) is 5.61. The monoisotopic (exact) mass is 243 g/mol. The molecule has 1 unspecified atom stereocenters. The standard InChI is InChI=1S/C14H13NO3/c16-10-12-7-4-8-15(12)13(14(17)18)9-11-5-2-1-3-6-11/h1-8,10,13H,9H2,(H,17,18). The van der Waals surface area contributed by atoms with Crippen LogP contribution in [0.25, 0.3) is 0 Å². The average Bonchev–Trinajstić information content (AvgIpc) is 2.84. The lowest BCUT2D eigenvalue weighted by Gasteiger charge is -2.16. The first kappa shape index (κ1) is 12.1. The number of hydrogen-bond acceptors (Lipinski definition) is 2. The molecule has 0 aliphatic carbocycles. The first-order chi connectivity index (χ1) is 8.72. The van der Waals surface area contributed by atoms with Gasteiger partial charge in [0.05, 0.1) is 5.69 Å². The summed E-state index contributed by atoms with van der Waals surface area (Å²) in [5.74, 6) is -0.946. The van der Waals surface area contributed by atoms with Gasteiger partial charge in [-0.15, -0.1) is 0 Å². The normalized spacial score (nSPS) is 12.0. The molecular formula is C14H13NO3. The molecule has 92 valence electrons. The van der Waals surface area contributed by atoms with E-state index in [1.165, 1.54) is 4.57 Å². The molecule has 4 heteroatoms. The molecule has 0 fully saturated rings. The highest BCUT2D eigenvalue weighted by Crippen LogP contribution is 2.17. The van der Waals surface area contributed by atoms with Gasteiger partial charge >= 0.3 is 5.97 Å². The van der Waals surface area contributed by atoms with Crippen molar-refractivity contribution >= 4 is 12.3 Å². The number of carboxylic acids is 1. The van der Waals surface area contributed by atoms with Crippen molar-refractivity contribution < 1.29 is 14.7 Å². The van der Waals surface area contributed by atoms with E-state index in [-0.39, 0.29) is 0 Å². The molecule has 1 aromatic heterocycles. The number of aldehydes is 1. The van der Waals surface area contributed by atoms with Crippen molar-refractivity contribution in [3.8, 4) is 0 Å². The van der Waals surface area contributed by atoms with Gasteiger partial charge in [-0.25, -0.2) is 4.79 Å². The van der Waals surface area contributed by atoms with Crippen LogP contribution in [0.5, 0.6) is 0 Å². The molecule has 0 aliphatic heterocycles. The Balaban J connectivity index is 2.30.